The molecule has 176 valence electrons. The highest BCUT2D eigenvalue weighted by Gasteiger charge is 2.39. The van der Waals surface area contributed by atoms with Gasteiger partial charge in [0, 0.05) is 18.5 Å². The highest BCUT2D eigenvalue weighted by atomic mass is 32.2. The van der Waals surface area contributed by atoms with Gasteiger partial charge in [-0.3, -0.25) is 9.59 Å². The van der Waals surface area contributed by atoms with Crippen molar-refractivity contribution in [3.8, 4) is 0 Å². The van der Waals surface area contributed by atoms with E-state index in [0.717, 1.165) is 16.8 Å². The van der Waals surface area contributed by atoms with Gasteiger partial charge in [0.05, 0.1) is 11.8 Å². The van der Waals surface area contributed by atoms with Gasteiger partial charge in [-0.15, -0.1) is 0 Å². The van der Waals surface area contributed by atoms with Gasteiger partial charge in [-0.25, -0.2) is 5.01 Å². The number of hydrogen-bond acceptors (Lipinski definition) is 5. The summed E-state index contributed by atoms with van der Waals surface area (Å²) < 4.78 is 0. The molecule has 2 aliphatic heterocycles. The molecule has 0 fully saturated rings. The van der Waals surface area contributed by atoms with Gasteiger partial charge in [0.15, 0.2) is 5.17 Å². The number of hydrogen-bond donors (Lipinski definition) is 1. The summed E-state index contributed by atoms with van der Waals surface area (Å²) in [5, 5.41) is 9.60. The van der Waals surface area contributed by atoms with E-state index in [1.165, 1.54) is 22.9 Å². The zero-order valence-corrected chi connectivity index (χ0v) is 20.5. The fraction of sp³-hybridized carbons (Fsp3) is 0.214. The summed E-state index contributed by atoms with van der Waals surface area (Å²) >= 11 is 1.31. The molecule has 3 aromatic carbocycles. The third-order valence-corrected chi connectivity index (χ3v) is 7.25. The van der Waals surface area contributed by atoms with Crippen LogP contribution < -0.4 is 5.32 Å². The molecule has 2 atom stereocenters. The van der Waals surface area contributed by atoms with E-state index in [0.29, 0.717) is 17.3 Å². The van der Waals surface area contributed by atoms with Crippen molar-refractivity contribution in [1.29, 1.82) is 0 Å². The van der Waals surface area contributed by atoms with Crippen LogP contribution >= 0.6 is 11.8 Å². The molecule has 0 radical (unpaired) electrons. The average Bonchev–Trinajstić information content (AvgIpc) is 3.45. The number of carbonyl (C=O) groups excluding carboxylic acids is 2. The first kappa shape index (κ1) is 23.1. The summed E-state index contributed by atoms with van der Waals surface area (Å²) in [4.78, 5) is 29.6. The molecule has 0 unspecified atom stereocenters. The number of nitrogens with one attached hydrogen (secondary N) is 1. The van der Waals surface area contributed by atoms with Gasteiger partial charge >= 0.3 is 0 Å². The number of carbonyl (C=O) groups is 2. The largest absolute Gasteiger partial charge is 0.326 e. The van der Waals surface area contributed by atoms with Crippen molar-refractivity contribution in [3.63, 3.8) is 0 Å². The van der Waals surface area contributed by atoms with E-state index >= 15 is 0 Å². The van der Waals surface area contributed by atoms with Crippen molar-refractivity contribution in [1.82, 2.24) is 5.01 Å². The number of amidine groups is 1. The Balaban J connectivity index is 1.36. The van der Waals surface area contributed by atoms with Crippen molar-refractivity contribution < 1.29 is 9.59 Å². The second-order valence-corrected chi connectivity index (χ2v) is 10.0. The van der Waals surface area contributed by atoms with Gasteiger partial charge in [0.25, 0.3) is 5.91 Å². The first-order chi connectivity index (χ1) is 17.0. The van der Waals surface area contributed by atoms with Crippen LogP contribution in [-0.4, -0.2) is 33.0 Å². The van der Waals surface area contributed by atoms with E-state index in [-0.39, 0.29) is 24.3 Å². The second-order valence-electron chi connectivity index (χ2n) is 8.85. The lowest BCUT2D eigenvalue weighted by Gasteiger charge is -2.23. The summed E-state index contributed by atoms with van der Waals surface area (Å²) in [5.74, 6) is -0.506. The fourth-order valence-electron chi connectivity index (χ4n) is 4.16. The Labute approximate surface area is 209 Å². The van der Waals surface area contributed by atoms with Gasteiger partial charge in [-0.2, -0.15) is 10.1 Å². The molecule has 6 nitrogen and oxygen atoms in total. The number of benzene rings is 3. The molecule has 0 bridgehead atoms. The van der Waals surface area contributed by atoms with Crippen molar-refractivity contribution >= 4 is 40.1 Å². The van der Waals surface area contributed by atoms with E-state index in [2.05, 4.69) is 72.7 Å². The Morgan fingerprint density at radius 2 is 1.63 bits per heavy atom. The number of amides is 2. The quantitative estimate of drug-likeness (QED) is 0.523. The van der Waals surface area contributed by atoms with Crippen LogP contribution in [0.25, 0.3) is 0 Å². The highest BCUT2D eigenvalue weighted by Crippen LogP contribution is 2.38. The molecule has 0 saturated carbocycles. The van der Waals surface area contributed by atoms with Crippen LogP contribution in [0.3, 0.4) is 0 Å². The lowest BCUT2D eigenvalue weighted by molar-refractivity contribution is -0.121. The number of para-hydroxylation sites is 1. The monoisotopic (exact) mass is 482 g/mol. The molecule has 2 aliphatic rings. The smallest absolute Gasteiger partial charge is 0.262 e. The molecule has 0 saturated heterocycles. The molecule has 7 heteroatoms. The number of thioether (sulfide) groups is 1. The number of aliphatic imine (C=N–C) groups is 1. The van der Waals surface area contributed by atoms with Crippen LogP contribution in [0.4, 0.5) is 5.69 Å². The lowest BCUT2D eigenvalue weighted by Crippen LogP contribution is -2.25. The van der Waals surface area contributed by atoms with E-state index in [1.807, 2.05) is 35.3 Å². The lowest BCUT2D eigenvalue weighted by atomic mass is 9.97. The van der Waals surface area contributed by atoms with Crippen LogP contribution in [0.2, 0.25) is 0 Å². The normalized spacial score (nSPS) is 19.5. The average molecular weight is 483 g/mol. The van der Waals surface area contributed by atoms with Gasteiger partial charge in [0.2, 0.25) is 5.91 Å². The van der Waals surface area contributed by atoms with E-state index in [4.69, 9.17) is 5.10 Å². The Kier molecular flexibility index (Phi) is 6.51. The standard InChI is InChI=1S/C28H26N4O2S/c1-18-8-12-20(13-9-18)23-16-24(21-14-10-19(2)11-15-21)32(31-23)28-30-27(34)25(35-28)17-26(33)29-22-6-4-3-5-7-22/h3-15,24-25H,16-17H2,1-2H3,(H,29,33)/t24-,25+/m0/s1. The first-order valence-electron chi connectivity index (χ1n) is 11.6. The highest BCUT2D eigenvalue weighted by molar-refractivity contribution is 8.15. The summed E-state index contributed by atoms with van der Waals surface area (Å²) in [6.07, 6.45) is 0.766. The molecule has 5 rings (SSSR count). The minimum Gasteiger partial charge on any atom is -0.326 e. The van der Waals surface area contributed by atoms with E-state index in [1.54, 1.807) is 0 Å². The maximum Gasteiger partial charge on any atom is 0.262 e. The van der Waals surface area contributed by atoms with Crippen LogP contribution in [0, 0.1) is 13.8 Å². The summed E-state index contributed by atoms with van der Waals surface area (Å²) in [5.41, 5.74) is 6.21. The van der Waals surface area contributed by atoms with Crippen molar-refractivity contribution in [3.05, 3.63) is 101 Å². The minimum absolute atomic E-state index is 0.0585. The SMILES string of the molecule is Cc1ccc(C2=NN(C3=NC(=O)[C@@H](CC(=O)Nc4ccccc4)S3)[C@H](c3ccc(C)cc3)C2)cc1. The summed E-state index contributed by atoms with van der Waals surface area (Å²) in [6.45, 7) is 4.12. The van der Waals surface area contributed by atoms with Crippen LogP contribution in [0.1, 0.15) is 41.1 Å². The maximum atomic E-state index is 12.7. The van der Waals surface area contributed by atoms with Crippen LogP contribution in [0.15, 0.2) is 89.0 Å². The van der Waals surface area contributed by atoms with Crippen LogP contribution in [-0.2, 0) is 9.59 Å². The third kappa shape index (κ3) is 5.20. The van der Waals surface area contributed by atoms with Crippen molar-refractivity contribution in [2.24, 2.45) is 10.1 Å². The number of nitrogens with zero attached hydrogens (tertiary/aromatic N) is 3. The van der Waals surface area contributed by atoms with Crippen molar-refractivity contribution in [2.75, 3.05) is 5.32 Å². The van der Waals surface area contributed by atoms with Gasteiger partial charge in [-0.05, 0) is 37.1 Å². The molecular formula is C28H26N4O2S. The summed E-state index contributed by atoms with van der Waals surface area (Å²) in [7, 11) is 0. The molecular weight excluding hydrogens is 456 g/mol. The molecule has 3 aromatic rings. The second kappa shape index (κ2) is 9.88. The Morgan fingerprint density at radius 3 is 2.31 bits per heavy atom. The Morgan fingerprint density at radius 1 is 0.971 bits per heavy atom. The zero-order chi connectivity index (χ0) is 24.4. The molecule has 2 heterocycles. The van der Waals surface area contributed by atoms with Crippen LogP contribution in [0.5, 0.6) is 0 Å². The number of aryl methyl sites for hydroxylation is 2. The molecule has 35 heavy (non-hydrogen) atoms. The molecule has 0 aliphatic carbocycles. The van der Waals surface area contributed by atoms with Gasteiger partial charge in [0.1, 0.15) is 5.25 Å². The molecule has 2 amide bonds. The first-order valence-corrected chi connectivity index (χ1v) is 12.5. The topological polar surface area (TPSA) is 74.1 Å². The number of rotatable bonds is 5. The molecule has 1 N–H and O–H groups in total. The van der Waals surface area contributed by atoms with E-state index in [9.17, 15) is 9.59 Å². The Hall–Kier alpha value is -3.71. The fourth-order valence-corrected chi connectivity index (χ4v) is 5.22. The van der Waals surface area contributed by atoms with Crippen molar-refractivity contribution in [2.45, 2.75) is 38.0 Å². The van der Waals surface area contributed by atoms with E-state index < -0.39 is 5.25 Å². The third-order valence-electron chi connectivity index (χ3n) is 6.11. The number of hydrazone groups is 1. The molecule has 0 aromatic heterocycles. The number of anilines is 1. The zero-order valence-electron chi connectivity index (χ0n) is 19.6. The van der Waals surface area contributed by atoms with Gasteiger partial charge in [-0.1, -0.05) is 89.6 Å². The maximum absolute atomic E-state index is 12.7. The Bertz CT molecular complexity index is 1300. The summed E-state index contributed by atoms with van der Waals surface area (Å²) in [6, 6.07) is 25.9. The minimum atomic E-state index is -0.564. The molecule has 0 spiro atoms. The predicted octanol–water partition coefficient (Wildman–Crippen LogP) is 5.48. The van der Waals surface area contributed by atoms with Gasteiger partial charge < -0.3 is 5.32 Å². The predicted molar refractivity (Wildman–Crippen MR) is 142 cm³/mol.